The average molecular weight is 204 g/mol. The molecule has 15 heavy (non-hydrogen) atoms. The summed E-state index contributed by atoms with van der Waals surface area (Å²) >= 11 is 0. The molecule has 3 N–H and O–H groups in total. The van der Waals surface area contributed by atoms with Crippen LogP contribution in [0.15, 0.2) is 30.3 Å². The zero-order valence-electron chi connectivity index (χ0n) is 9.15. The summed E-state index contributed by atoms with van der Waals surface area (Å²) in [5.74, 6) is 6.57. The van der Waals surface area contributed by atoms with Crippen LogP contribution in [-0.2, 0) is 6.42 Å². The molecule has 1 aromatic carbocycles. The van der Waals surface area contributed by atoms with Gasteiger partial charge >= 0.3 is 0 Å². The molecule has 2 rings (SSSR count). The highest BCUT2D eigenvalue weighted by molar-refractivity contribution is 5.15. The lowest BCUT2D eigenvalue weighted by molar-refractivity contribution is 0.462. The fourth-order valence-electron chi connectivity index (χ4n) is 1.99. The van der Waals surface area contributed by atoms with E-state index in [0.717, 1.165) is 12.3 Å². The zero-order valence-corrected chi connectivity index (χ0v) is 9.15. The number of hydrogen-bond acceptors (Lipinski definition) is 2. The number of hydrogen-bond donors (Lipinski definition) is 2. The summed E-state index contributed by atoms with van der Waals surface area (Å²) in [5.41, 5.74) is 4.31. The maximum absolute atomic E-state index is 5.58. The first-order valence-electron chi connectivity index (χ1n) is 5.88. The Balaban J connectivity index is 1.78. The van der Waals surface area contributed by atoms with Gasteiger partial charge in [-0.3, -0.25) is 11.3 Å². The number of nitrogens with two attached hydrogens (primary N) is 1. The van der Waals surface area contributed by atoms with Crippen LogP contribution in [0.2, 0.25) is 0 Å². The largest absolute Gasteiger partial charge is 0.271 e. The first kappa shape index (κ1) is 10.7. The maximum Gasteiger partial charge on any atom is 0.0251 e. The third-order valence-electron chi connectivity index (χ3n) is 3.18. The van der Waals surface area contributed by atoms with Crippen LogP contribution in [0.3, 0.4) is 0 Å². The summed E-state index contributed by atoms with van der Waals surface area (Å²) in [4.78, 5) is 0. The van der Waals surface area contributed by atoms with E-state index in [1.54, 1.807) is 0 Å². The third kappa shape index (κ3) is 3.65. The van der Waals surface area contributed by atoms with Gasteiger partial charge in [0, 0.05) is 6.04 Å². The maximum atomic E-state index is 5.58. The Morgan fingerprint density at radius 2 is 2.00 bits per heavy atom. The van der Waals surface area contributed by atoms with E-state index in [4.69, 9.17) is 5.84 Å². The molecule has 0 saturated heterocycles. The molecule has 1 atom stereocenters. The minimum atomic E-state index is 0.438. The molecule has 0 aliphatic heterocycles. The van der Waals surface area contributed by atoms with Gasteiger partial charge in [-0.05, 0) is 30.7 Å². The van der Waals surface area contributed by atoms with Crippen molar-refractivity contribution in [3.63, 3.8) is 0 Å². The predicted molar refractivity (Wildman–Crippen MR) is 63.2 cm³/mol. The quantitative estimate of drug-likeness (QED) is 0.551. The van der Waals surface area contributed by atoms with Crippen molar-refractivity contribution in [3.05, 3.63) is 35.9 Å². The van der Waals surface area contributed by atoms with Gasteiger partial charge in [0.15, 0.2) is 0 Å². The average Bonchev–Trinajstić information content (AvgIpc) is 3.09. The van der Waals surface area contributed by atoms with Crippen molar-refractivity contribution in [2.75, 3.05) is 0 Å². The molecule has 82 valence electrons. The lowest BCUT2D eigenvalue weighted by Crippen LogP contribution is -2.36. The smallest absolute Gasteiger partial charge is 0.0251 e. The summed E-state index contributed by atoms with van der Waals surface area (Å²) in [6, 6.07) is 11.0. The van der Waals surface area contributed by atoms with Crippen LogP contribution >= 0.6 is 0 Å². The summed E-state index contributed by atoms with van der Waals surface area (Å²) < 4.78 is 0. The second kappa shape index (κ2) is 5.29. The Hall–Kier alpha value is -0.860. The fourth-order valence-corrected chi connectivity index (χ4v) is 1.99. The molecule has 0 radical (unpaired) electrons. The zero-order chi connectivity index (χ0) is 10.5. The third-order valence-corrected chi connectivity index (χ3v) is 3.18. The van der Waals surface area contributed by atoms with E-state index >= 15 is 0 Å². The molecule has 2 heteroatoms. The number of benzene rings is 1. The second-order valence-electron chi connectivity index (χ2n) is 4.57. The van der Waals surface area contributed by atoms with E-state index < -0.39 is 0 Å². The lowest BCUT2D eigenvalue weighted by Gasteiger charge is -2.15. The van der Waals surface area contributed by atoms with Crippen molar-refractivity contribution in [3.8, 4) is 0 Å². The van der Waals surface area contributed by atoms with Crippen LogP contribution in [0, 0.1) is 5.92 Å². The Labute approximate surface area is 91.8 Å². The van der Waals surface area contributed by atoms with Crippen LogP contribution < -0.4 is 11.3 Å². The van der Waals surface area contributed by atoms with Crippen LogP contribution in [-0.4, -0.2) is 6.04 Å². The van der Waals surface area contributed by atoms with Crippen LogP contribution in [0.25, 0.3) is 0 Å². The Morgan fingerprint density at radius 3 is 2.60 bits per heavy atom. The van der Waals surface area contributed by atoms with Gasteiger partial charge in [0.05, 0.1) is 0 Å². The van der Waals surface area contributed by atoms with Gasteiger partial charge < -0.3 is 0 Å². The Bertz CT molecular complexity index is 280. The van der Waals surface area contributed by atoms with Crippen molar-refractivity contribution in [2.45, 2.75) is 38.1 Å². The summed E-state index contributed by atoms with van der Waals surface area (Å²) in [6.45, 7) is 0. The molecular weight excluding hydrogens is 184 g/mol. The summed E-state index contributed by atoms with van der Waals surface area (Å²) in [7, 11) is 0. The molecule has 1 aromatic rings. The first-order valence-corrected chi connectivity index (χ1v) is 5.88. The number of hydrazine groups is 1. The van der Waals surface area contributed by atoms with Gasteiger partial charge in [0.25, 0.3) is 0 Å². The molecule has 0 bridgehead atoms. The highest BCUT2D eigenvalue weighted by Gasteiger charge is 2.22. The lowest BCUT2D eigenvalue weighted by atomic mass is 10.0. The minimum absolute atomic E-state index is 0.438. The number of rotatable bonds is 6. The van der Waals surface area contributed by atoms with Gasteiger partial charge in [0.2, 0.25) is 0 Å². The van der Waals surface area contributed by atoms with Crippen molar-refractivity contribution in [1.82, 2.24) is 5.43 Å². The Kier molecular flexibility index (Phi) is 3.75. The summed E-state index contributed by atoms with van der Waals surface area (Å²) in [5, 5.41) is 0. The molecule has 0 spiro atoms. The summed E-state index contributed by atoms with van der Waals surface area (Å²) in [6.07, 6.45) is 6.45. The first-order chi connectivity index (χ1) is 7.38. The SMILES string of the molecule is NNC(CCC1CC1)Cc1ccccc1. The molecular formula is C13H20N2. The van der Waals surface area contributed by atoms with E-state index in [1.807, 2.05) is 0 Å². The van der Waals surface area contributed by atoms with E-state index in [-0.39, 0.29) is 0 Å². The predicted octanol–water partition coefficient (Wildman–Crippen LogP) is 2.25. The van der Waals surface area contributed by atoms with Crippen molar-refractivity contribution in [2.24, 2.45) is 11.8 Å². The highest BCUT2D eigenvalue weighted by atomic mass is 15.2. The standard InChI is InChI=1S/C13H20N2/c14-15-13(9-8-11-6-7-11)10-12-4-2-1-3-5-12/h1-5,11,13,15H,6-10,14H2. The van der Waals surface area contributed by atoms with Crippen molar-refractivity contribution >= 4 is 0 Å². The normalized spacial score (nSPS) is 17.7. The van der Waals surface area contributed by atoms with Gasteiger partial charge in [0.1, 0.15) is 0 Å². The van der Waals surface area contributed by atoms with E-state index in [9.17, 15) is 0 Å². The van der Waals surface area contributed by atoms with Gasteiger partial charge in [-0.2, -0.15) is 0 Å². The van der Waals surface area contributed by atoms with Gasteiger partial charge in [-0.25, -0.2) is 0 Å². The molecule has 1 saturated carbocycles. The van der Waals surface area contributed by atoms with Crippen LogP contribution in [0.1, 0.15) is 31.2 Å². The van der Waals surface area contributed by atoms with Gasteiger partial charge in [-0.15, -0.1) is 0 Å². The van der Waals surface area contributed by atoms with Crippen molar-refractivity contribution in [1.29, 1.82) is 0 Å². The Morgan fingerprint density at radius 1 is 1.27 bits per heavy atom. The van der Waals surface area contributed by atoms with Crippen LogP contribution in [0.5, 0.6) is 0 Å². The molecule has 0 aromatic heterocycles. The topological polar surface area (TPSA) is 38.0 Å². The molecule has 1 aliphatic carbocycles. The minimum Gasteiger partial charge on any atom is -0.271 e. The van der Waals surface area contributed by atoms with E-state index in [2.05, 4.69) is 35.8 Å². The van der Waals surface area contributed by atoms with Gasteiger partial charge in [-0.1, -0.05) is 43.2 Å². The molecule has 1 aliphatic rings. The highest BCUT2D eigenvalue weighted by Crippen LogP contribution is 2.34. The number of nitrogens with one attached hydrogen (secondary N) is 1. The molecule has 2 nitrogen and oxygen atoms in total. The van der Waals surface area contributed by atoms with E-state index in [0.29, 0.717) is 6.04 Å². The fraction of sp³-hybridized carbons (Fsp3) is 0.538. The molecule has 1 unspecified atom stereocenters. The van der Waals surface area contributed by atoms with Crippen molar-refractivity contribution < 1.29 is 0 Å². The second-order valence-corrected chi connectivity index (χ2v) is 4.57. The molecule has 1 fully saturated rings. The van der Waals surface area contributed by atoms with E-state index in [1.165, 1.54) is 31.2 Å². The monoisotopic (exact) mass is 204 g/mol. The van der Waals surface area contributed by atoms with Crippen LogP contribution in [0.4, 0.5) is 0 Å². The molecule has 0 heterocycles. The molecule has 0 amide bonds.